The molecule has 0 aromatic heterocycles. The Balaban J connectivity index is 4.29. The Bertz CT molecular complexity index is 199. The number of unbranched alkanes of at least 4 members (excludes halogenated alkanes) is 1. The summed E-state index contributed by atoms with van der Waals surface area (Å²) in [6.45, 7) is 7.61. The second-order valence-corrected chi connectivity index (χ2v) is 3.00. The molecule has 74 valence electrons. The smallest absolute Gasteiger partial charge is 0.122 e. The van der Waals surface area contributed by atoms with Crippen molar-refractivity contribution in [3.05, 3.63) is 36.2 Å². The summed E-state index contributed by atoms with van der Waals surface area (Å²) < 4.78 is 13.3. The zero-order chi connectivity index (χ0) is 10.1. The minimum absolute atomic E-state index is 0.0872. The maximum Gasteiger partial charge on any atom is 0.122 e. The number of allylic oxidation sites excluding steroid dienone is 5. The molecule has 0 saturated carbocycles. The van der Waals surface area contributed by atoms with E-state index < -0.39 is 0 Å². The van der Waals surface area contributed by atoms with Crippen LogP contribution in [0.4, 0.5) is 4.39 Å². The van der Waals surface area contributed by atoms with E-state index in [1.54, 1.807) is 12.2 Å². The van der Waals surface area contributed by atoms with Crippen molar-refractivity contribution < 1.29 is 4.39 Å². The molecule has 0 fully saturated rings. The average molecular weight is 182 g/mol. The van der Waals surface area contributed by atoms with Crippen LogP contribution in [0.2, 0.25) is 0 Å². The number of rotatable bonds is 6. The molecule has 0 nitrogen and oxygen atoms in total. The van der Waals surface area contributed by atoms with Crippen LogP contribution in [0.3, 0.4) is 0 Å². The average Bonchev–Trinajstić information content (AvgIpc) is 2.16. The predicted octanol–water partition coefficient (Wildman–Crippen LogP) is 4.55. The Morgan fingerprint density at radius 2 is 2.08 bits per heavy atom. The first kappa shape index (κ1) is 12.2. The summed E-state index contributed by atoms with van der Waals surface area (Å²) in [5.74, 6) is -0.0872. The van der Waals surface area contributed by atoms with E-state index in [1.165, 1.54) is 6.08 Å². The van der Waals surface area contributed by atoms with Gasteiger partial charge in [0.15, 0.2) is 0 Å². The van der Waals surface area contributed by atoms with Crippen LogP contribution in [0.25, 0.3) is 0 Å². The highest BCUT2D eigenvalue weighted by atomic mass is 19.1. The minimum atomic E-state index is -0.0872. The largest absolute Gasteiger partial charge is 0.207 e. The standard InChI is InChI=1S/C12H19F/c1-4-7-9-11(6-3)12(13)10-8-5-2/h5,8,10H,2,4,6-7,9H2,1,3H3/b10-8-,12-11-. The lowest BCUT2D eigenvalue weighted by atomic mass is 10.1. The summed E-state index contributed by atoms with van der Waals surface area (Å²) >= 11 is 0. The van der Waals surface area contributed by atoms with Gasteiger partial charge in [0.1, 0.15) is 5.83 Å². The van der Waals surface area contributed by atoms with Crippen LogP contribution in [0.1, 0.15) is 39.5 Å². The molecule has 0 amide bonds. The molecule has 1 heteroatoms. The van der Waals surface area contributed by atoms with Gasteiger partial charge in [-0.05, 0) is 30.9 Å². The molecule has 0 rings (SSSR count). The summed E-state index contributed by atoms with van der Waals surface area (Å²) in [5.41, 5.74) is 0.917. The summed E-state index contributed by atoms with van der Waals surface area (Å²) in [5, 5.41) is 0. The van der Waals surface area contributed by atoms with Gasteiger partial charge in [-0.15, -0.1) is 0 Å². The van der Waals surface area contributed by atoms with E-state index in [4.69, 9.17) is 0 Å². The van der Waals surface area contributed by atoms with Crippen molar-refractivity contribution in [1.29, 1.82) is 0 Å². The number of hydrogen-bond donors (Lipinski definition) is 0. The molecular formula is C12H19F. The van der Waals surface area contributed by atoms with Gasteiger partial charge in [0, 0.05) is 0 Å². The Labute approximate surface area is 80.9 Å². The lowest BCUT2D eigenvalue weighted by Gasteiger charge is -2.03. The zero-order valence-corrected chi connectivity index (χ0v) is 8.65. The fourth-order valence-electron chi connectivity index (χ4n) is 1.13. The van der Waals surface area contributed by atoms with Crippen molar-refractivity contribution in [3.8, 4) is 0 Å². The number of hydrogen-bond acceptors (Lipinski definition) is 0. The van der Waals surface area contributed by atoms with Gasteiger partial charge in [-0.2, -0.15) is 0 Å². The van der Waals surface area contributed by atoms with Gasteiger partial charge in [-0.1, -0.05) is 39.0 Å². The van der Waals surface area contributed by atoms with Gasteiger partial charge in [0.2, 0.25) is 0 Å². The maximum absolute atomic E-state index is 13.3. The highest BCUT2D eigenvalue weighted by Gasteiger charge is 2.00. The van der Waals surface area contributed by atoms with Crippen molar-refractivity contribution in [2.24, 2.45) is 0 Å². The second-order valence-electron chi connectivity index (χ2n) is 3.00. The monoisotopic (exact) mass is 182 g/mol. The van der Waals surface area contributed by atoms with Crippen LogP contribution in [-0.4, -0.2) is 0 Å². The first-order chi connectivity index (χ1) is 6.26. The van der Waals surface area contributed by atoms with E-state index in [9.17, 15) is 4.39 Å². The van der Waals surface area contributed by atoms with Gasteiger partial charge in [-0.25, -0.2) is 4.39 Å². The van der Waals surface area contributed by atoms with E-state index >= 15 is 0 Å². The van der Waals surface area contributed by atoms with Gasteiger partial charge in [-0.3, -0.25) is 0 Å². The van der Waals surface area contributed by atoms with Crippen LogP contribution < -0.4 is 0 Å². The Morgan fingerprint density at radius 3 is 2.54 bits per heavy atom. The van der Waals surface area contributed by atoms with Crippen molar-refractivity contribution in [1.82, 2.24) is 0 Å². The van der Waals surface area contributed by atoms with Gasteiger partial charge >= 0.3 is 0 Å². The summed E-state index contributed by atoms with van der Waals surface area (Å²) in [6, 6.07) is 0. The fourth-order valence-corrected chi connectivity index (χ4v) is 1.13. The van der Waals surface area contributed by atoms with Crippen LogP contribution >= 0.6 is 0 Å². The molecule has 0 N–H and O–H groups in total. The van der Waals surface area contributed by atoms with Crippen molar-refractivity contribution in [3.63, 3.8) is 0 Å². The SMILES string of the molecule is C=C/C=C\C(F)=C(/CC)CCCC. The highest BCUT2D eigenvalue weighted by Crippen LogP contribution is 2.18. The molecule has 13 heavy (non-hydrogen) atoms. The number of halogens is 1. The molecular weight excluding hydrogens is 163 g/mol. The van der Waals surface area contributed by atoms with Crippen molar-refractivity contribution in [2.75, 3.05) is 0 Å². The third kappa shape index (κ3) is 5.40. The van der Waals surface area contributed by atoms with Gasteiger partial charge in [0.05, 0.1) is 0 Å². The van der Waals surface area contributed by atoms with E-state index in [2.05, 4.69) is 13.5 Å². The molecule has 0 aliphatic heterocycles. The lowest BCUT2D eigenvalue weighted by molar-refractivity contribution is 0.627. The molecule has 0 radical (unpaired) electrons. The van der Waals surface area contributed by atoms with Crippen LogP contribution in [0.5, 0.6) is 0 Å². The third-order valence-corrected chi connectivity index (χ3v) is 1.98. The first-order valence-electron chi connectivity index (χ1n) is 4.92. The van der Waals surface area contributed by atoms with Gasteiger partial charge in [0.25, 0.3) is 0 Å². The molecule has 0 atom stereocenters. The van der Waals surface area contributed by atoms with E-state index in [1.807, 2.05) is 6.92 Å². The summed E-state index contributed by atoms with van der Waals surface area (Å²) in [4.78, 5) is 0. The highest BCUT2D eigenvalue weighted by molar-refractivity contribution is 5.21. The molecule has 0 aromatic carbocycles. The zero-order valence-electron chi connectivity index (χ0n) is 8.65. The van der Waals surface area contributed by atoms with E-state index in [0.29, 0.717) is 0 Å². The first-order valence-corrected chi connectivity index (χ1v) is 4.92. The Morgan fingerprint density at radius 1 is 1.38 bits per heavy atom. The molecule has 0 spiro atoms. The maximum atomic E-state index is 13.3. The second kappa shape index (κ2) is 7.78. The minimum Gasteiger partial charge on any atom is -0.207 e. The molecule has 0 aliphatic rings. The molecule has 0 saturated heterocycles. The molecule has 0 bridgehead atoms. The molecule has 0 aromatic rings. The van der Waals surface area contributed by atoms with Crippen LogP contribution in [0, 0.1) is 0 Å². The molecule has 0 aliphatic carbocycles. The molecule has 0 unspecified atom stereocenters. The fraction of sp³-hybridized carbons (Fsp3) is 0.500. The normalized spacial score (nSPS) is 13.2. The van der Waals surface area contributed by atoms with Gasteiger partial charge < -0.3 is 0 Å². The summed E-state index contributed by atoms with van der Waals surface area (Å²) in [6.07, 6.45) is 8.57. The van der Waals surface area contributed by atoms with Crippen molar-refractivity contribution >= 4 is 0 Å². The predicted molar refractivity (Wildman–Crippen MR) is 57.3 cm³/mol. The Hall–Kier alpha value is -0.850. The van der Waals surface area contributed by atoms with Crippen LogP contribution in [-0.2, 0) is 0 Å². The topological polar surface area (TPSA) is 0 Å². The quantitative estimate of drug-likeness (QED) is 0.528. The third-order valence-electron chi connectivity index (χ3n) is 1.98. The lowest BCUT2D eigenvalue weighted by Crippen LogP contribution is -1.85. The Kier molecular flexibility index (Phi) is 7.27. The van der Waals surface area contributed by atoms with Crippen LogP contribution in [0.15, 0.2) is 36.2 Å². The molecule has 0 heterocycles. The van der Waals surface area contributed by atoms with E-state index in [-0.39, 0.29) is 5.83 Å². The van der Waals surface area contributed by atoms with Crippen molar-refractivity contribution in [2.45, 2.75) is 39.5 Å². The summed E-state index contributed by atoms with van der Waals surface area (Å²) in [7, 11) is 0. The van der Waals surface area contributed by atoms with E-state index in [0.717, 1.165) is 31.3 Å².